The van der Waals surface area contributed by atoms with Crippen molar-refractivity contribution in [2.24, 2.45) is 11.8 Å². The number of carboxylic acids is 1. The summed E-state index contributed by atoms with van der Waals surface area (Å²) in [6.45, 7) is 7.27. The molecule has 0 aromatic rings. The number of hydrogen-bond acceptors (Lipinski definition) is 7. The van der Waals surface area contributed by atoms with Crippen molar-refractivity contribution < 1.29 is 39.0 Å². The van der Waals surface area contributed by atoms with Gasteiger partial charge in [0, 0.05) is 13.0 Å². The molecule has 1 aliphatic rings. The molecule has 0 aromatic heterocycles. The van der Waals surface area contributed by atoms with E-state index in [4.69, 9.17) is 5.11 Å². The zero-order chi connectivity index (χ0) is 28.8. The van der Waals surface area contributed by atoms with Gasteiger partial charge < -0.3 is 35.9 Å². The van der Waals surface area contributed by atoms with Gasteiger partial charge in [-0.2, -0.15) is 0 Å². The third-order valence-electron chi connectivity index (χ3n) is 6.51. The fourth-order valence-electron chi connectivity index (χ4n) is 4.36. The van der Waals surface area contributed by atoms with Crippen molar-refractivity contribution in [1.82, 2.24) is 20.9 Å². The smallest absolute Gasteiger partial charge is 0.303 e. The molecule has 0 bridgehead atoms. The fourth-order valence-corrected chi connectivity index (χ4v) is 4.36. The Morgan fingerprint density at radius 2 is 1.63 bits per heavy atom. The molecule has 0 saturated carbocycles. The maximum Gasteiger partial charge on any atom is 0.303 e. The molecule has 4 unspecified atom stereocenters. The van der Waals surface area contributed by atoms with Gasteiger partial charge in [0.1, 0.15) is 24.4 Å². The molecule has 1 aliphatic heterocycles. The lowest BCUT2D eigenvalue weighted by molar-refractivity contribution is -0.143. The van der Waals surface area contributed by atoms with Crippen LogP contribution in [0.1, 0.15) is 79.1 Å². The van der Waals surface area contributed by atoms with Crippen molar-refractivity contribution in [2.75, 3.05) is 13.2 Å². The monoisotopic (exact) mass is 540 g/mol. The van der Waals surface area contributed by atoms with E-state index >= 15 is 0 Å². The highest BCUT2D eigenvalue weighted by atomic mass is 16.4. The molecule has 1 heterocycles. The van der Waals surface area contributed by atoms with Crippen LogP contribution in [-0.4, -0.2) is 88.3 Å². The van der Waals surface area contributed by atoms with E-state index in [0.717, 1.165) is 6.42 Å². The Morgan fingerprint density at radius 3 is 2.18 bits per heavy atom. The fraction of sp³-hybridized carbons (Fsp3) is 0.769. The Labute approximate surface area is 224 Å². The summed E-state index contributed by atoms with van der Waals surface area (Å²) in [6, 6.07) is -3.78. The van der Waals surface area contributed by atoms with Crippen LogP contribution in [0.25, 0.3) is 0 Å². The molecule has 12 nitrogen and oxygen atoms in total. The molecule has 38 heavy (non-hydrogen) atoms. The average molecular weight is 541 g/mol. The summed E-state index contributed by atoms with van der Waals surface area (Å²) in [5.41, 5.74) is 0. The van der Waals surface area contributed by atoms with Gasteiger partial charge in [0.25, 0.3) is 0 Å². The van der Waals surface area contributed by atoms with E-state index in [-0.39, 0.29) is 24.9 Å². The lowest BCUT2D eigenvalue weighted by Gasteiger charge is -2.28. The normalized spacial score (nSPS) is 18.3. The Morgan fingerprint density at radius 1 is 1.00 bits per heavy atom. The molecule has 4 amide bonds. The molecular formula is C26H44N4O8. The van der Waals surface area contributed by atoms with Crippen LogP contribution in [0.5, 0.6) is 0 Å². The lowest BCUT2D eigenvalue weighted by atomic mass is 10.0. The number of aliphatic hydroxyl groups excluding tert-OH is 1. The maximum absolute atomic E-state index is 13.2. The van der Waals surface area contributed by atoms with Crippen molar-refractivity contribution in [1.29, 1.82) is 0 Å². The average Bonchev–Trinajstić information content (AvgIpc) is 3.36. The first-order valence-corrected chi connectivity index (χ1v) is 13.4. The predicted octanol–water partition coefficient (Wildman–Crippen LogP) is 0.360. The zero-order valence-electron chi connectivity index (χ0n) is 22.9. The van der Waals surface area contributed by atoms with Crippen LogP contribution in [0.15, 0.2) is 0 Å². The number of nitrogens with zero attached hydrogens (tertiary/aromatic N) is 1. The Hall–Kier alpha value is -3.02. The van der Waals surface area contributed by atoms with Crippen molar-refractivity contribution in [3.63, 3.8) is 0 Å². The maximum atomic E-state index is 13.2. The minimum atomic E-state index is -1.25. The van der Waals surface area contributed by atoms with Gasteiger partial charge in [-0.25, -0.2) is 0 Å². The second-order valence-electron chi connectivity index (χ2n) is 10.4. The number of likely N-dealkylation sites (tertiary alicyclic amines) is 1. The topological polar surface area (TPSA) is 182 Å². The summed E-state index contributed by atoms with van der Waals surface area (Å²) in [7, 11) is 0. The summed E-state index contributed by atoms with van der Waals surface area (Å²) in [4.78, 5) is 75.8. The van der Waals surface area contributed by atoms with Gasteiger partial charge in [-0.3, -0.25) is 24.0 Å². The minimum absolute atomic E-state index is 0.159. The first kappa shape index (κ1) is 33.0. The van der Waals surface area contributed by atoms with E-state index in [1.54, 1.807) is 6.92 Å². The van der Waals surface area contributed by atoms with Crippen LogP contribution in [0.4, 0.5) is 0 Å². The highest BCUT2D eigenvalue weighted by molar-refractivity contribution is 5.95. The molecule has 1 saturated heterocycles. The number of aldehydes is 1. The van der Waals surface area contributed by atoms with Gasteiger partial charge >= 0.3 is 5.97 Å². The molecule has 1 fully saturated rings. The van der Waals surface area contributed by atoms with E-state index in [2.05, 4.69) is 16.0 Å². The van der Waals surface area contributed by atoms with Gasteiger partial charge in [0.05, 0.1) is 18.6 Å². The van der Waals surface area contributed by atoms with E-state index in [9.17, 15) is 33.9 Å². The van der Waals surface area contributed by atoms with E-state index in [0.29, 0.717) is 44.9 Å². The first-order chi connectivity index (χ1) is 17.9. The van der Waals surface area contributed by atoms with Crippen molar-refractivity contribution in [3.05, 3.63) is 0 Å². The molecule has 12 heteroatoms. The standard InChI is InChI=1S/C26H44N4O8/c1-5-6-8-19(23(35)27-18(15-32)13-16(2)3)28-24(36)20(10-11-22(33)34)29-25(37)21-9-7-12-30(21)26(38)17(4)14-31/h15-21,31H,5-14H2,1-4H3,(H,27,35)(H,28,36)(H,29,37)(H,33,34)/t17?,18?,19-,20?,21?/m0/s1. The van der Waals surface area contributed by atoms with E-state index in [1.807, 2.05) is 20.8 Å². The molecule has 5 atom stereocenters. The summed E-state index contributed by atoms with van der Waals surface area (Å²) in [5.74, 6) is -3.90. The number of hydrogen-bond donors (Lipinski definition) is 5. The number of aliphatic hydroxyl groups is 1. The zero-order valence-corrected chi connectivity index (χ0v) is 22.9. The van der Waals surface area contributed by atoms with Crippen LogP contribution in [0.3, 0.4) is 0 Å². The molecular weight excluding hydrogens is 496 g/mol. The SMILES string of the molecule is CCCC[C@H](NC(=O)C(CCC(=O)O)NC(=O)C1CCCN1C(=O)C(C)CO)C(=O)NC(C=O)CC(C)C. The van der Waals surface area contributed by atoms with Crippen LogP contribution in [-0.2, 0) is 28.8 Å². The van der Waals surface area contributed by atoms with Crippen molar-refractivity contribution >= 4 is 35.9 Å². The molecule has 0 aromatic carbocycles. The number of amides is 4. The number of carboxylic acid groups (broad SMARTS) is 1. The molecule has 0 aliphatic carbocycles. The van der Waals surface area contributed by atoms with Gasteiger partial charge in [-0.1, -0.05) is 40.5 Å². The Bertz CT molecular complexity index is 834. The predicted molar refractivity (Wildman–Crippen MR) is 139 cm³/mol. The molecule has 1 rings (SSSR count). The molecule has 216 valence electrons. The van der Waals surface area contributed by atoms with Crippen LogP contribution in [0, 0.1) is 11.8 Å². The van der Waals surface area contributed by atoms with Gasteiger partial charge in [0.15, 0.2) is 0 Å². The van der Waals surface area contributed by atoms with Gasteiger partial charge in [-0.15, -0.1) is 0 Å². The number of aliphatic carboxylic acids is 1. The highest BCUT2D eigenvalue weighted by Crippen LogP contribution is 2.20. The van der Waals surface area contributed by atoms with Crippen LogP contribution in [0.2, 0.25) is 0 Å². The third kappa shape index (κ3) is 10.8. The van der Waals surface area contributed by atoms with Gasteiger partial charge in [-0.05, 0) is 38.0 Å². The summed E-state index contributed by atoms with van der Waals surface area (Å²) in [5, 5.41) is 26.3. The summed E-state index contributed by atoms with van der Waals surface area (Å²) in [6.07, 6.45) is 3.07. The highest BCUT2D eigenvalue weighted by Gasteiger charge is 2.37. The third-order valence-corrected chi connectivity index (χ3v) is 6.51. The molecule has 0 radical (unpaired) electrons. The number of rotatable bonds is 17. The van der Waals surface area contributed by atoms with E-state index < -0.39 is 60.2 Å². The van der Waals surface area contributed by atoms with Crippen LogP contribution < -0.4 is 16.0 Å². The van der Waals surface area contributed by atoms with E-state index in [1.165, 1.54) is 4.90 Å². The quantitative estimate of drug-likeness (QED) is 0.164. The van der Waals surface area contributed by atoms with Crippen molar-refractivity contribution in [2.45, 2.75) is 103 Å². The first-order valence-electron chi connectivity index (χ1n) is 13.4. The minimum Gasteiger partial charge on any atom is -0.481 e. The number of unbranched alkanes of at least 4 members (excludes halogenated alkanes) is 1. The van der Waals surface area contributed by atoms with Crippen LogP contribution >= 0.6 is 0 Å². The second kappa shape index (κ2) is 16.7. The number of carbonyl (C=O) groups excluding carboxylic acids is 5. The molecule has 5 N–H and O–H groups in total. The Kier molecular flexibility index (Phi) is 14.5. The summed E-state index contributed by atoms with van der Waals surface area (Å²) < 4.78 is 0. The van der Waals surface area contributed by atoms with Crippen molar-refractivity contribution in [3.8, 4) is 0 Å². The van der Waals surface area contributed by atoms with Gasteiger partial charge in [0.2, 0.25) is 23.6 Å². The summed E-state index contributed by atoms with van der Waals surface area (Å²) >= 11 is 0. The lowest BCUT2D eigenvalue weighted by Crippen LogP contribution is -2.57. The second-order valence-corrected chi connectivity index (χ2v) is 10.4. The largest absolute Gasteiger partial charge is 0.481 e. The number of carbonyl (C=O) groups is 6. The molecule has 0 spiro atoms. The Balaban J connectivity index is 3.03. The number of nitrogens with one attached hydrogen (secondary N) is 3.